The number of morpholine rings is 1. The maximum atomic E-state index is 11.1. The van der Waals surface area contributed by atoms with Crippen LogP contribution in [0.5, 0.6) is 5.75 Å². The number of carbonyl (C=O) groups is 1. The summed E-state index contributed by atoms with van der Waals surface area (Å²) in [5, 5.41) is 0. The van der Waals surface area contributed by atoms with Crippen LogP contribution in [0.15, 0.2) is 18.2 Å². The fourth-order valence-electron chi connectivity index (χ4n) is 2.45. The largest absolute Gasteiger partial charge is 0.490 e. The molecule has 0 saturated carbocycles. The number of aldehydes is 1. The fourth-order valence-corrected chi connectivity index (χ4v) is 2.45. The predicted molar refractivity (Wildman–Crippen MR) is 78.5 cm³/mol. The van der Waals surface area contributed by atoms with Gasteiger partial charge in [0.1, 0.15) is 18.5 Å². The van der Waals surface area contributed by atoms with Gasteiger partial charge in [0.15, 0.2) is 6.29 Å². The number of benzene rings is 1. The van der Waals surface area contributed by atoms with E-state index in [0.717, 1.165) is 31.5 Å². The molecule has 1 atom stereocenters. The van der Waals surface area contributed by atoms with E-state index in [1.54, 1.807) is 6.07 Å². The van der Waals surface area contributed by atoms with E-state index >= 15 is 0 Å². The Bertz CT molecular complexity index is 459. The number of nitrogens with zero attached hydrogens (tertiary/aromatic N) is 1. The minimum absolute atomic E-state index is 0.0604. The monoisotopic (exact) mass is 277 g/mol. The molecule has 0 N–H and O–H groups in total. The Kier molecular flexibility index (Phi) is 5.15. The van der Waals surface area contributed by atoms with Gasteiger partial charge < -0.3 is 9.47 Å². The molecular weight excluding hydrogens is 254 g/mol. The molecule has 0 radical (unpaired) electrons. The molecule has 1 aliphatic rings. The van der Waals surface area contributed by atoms with E-state index in [1.165, 1.54) is 0 Å². The van der Waals surface area contributed by atoms with E-state index in [2.05, 4.69) is 18.7 Å². The molecule has 0 aliphatic carbocycles. The number of aryl methyl sites for hydroxylation is 1. The van der Waals surface area contributed by atoms with Crippen LogP contribution < -0.4 is 4.74 Å². The molecule has 4 nitrogen and oxygen atoms in total. The lowest BCUT2D eigenvalue weighted by Gasteiger charge is -2.35. The number of ether oxygens (including phenoxy) is 2. The second kappa shape index (κ2) is 6.86. The zero-order valence-electron chi connectivity index (χ0n) is 12.5. The molecule has 2 rings (SSSR count). The van der Waals surface area contributed by atoms with Crippen LogP contribution in [0.25, 0.3) is 0 Å². The number of hydrogen-bond donors (Lipinski definition) is 0. The second-order valence-corrected chi connectivity index (χ2v) is 5.50. The Morgan fingerprint density at radius 3 is 3.00 bits per heavy atom. The van der Waals surface area contributed by atoms with Gasteiger partial charge in [-0.25, -0.2) is 0 Å². The topological polar surface area (TPSA) is 38.8 Å². The average molecular weight is 277 g/mol. The van der Waals surface area contributed by atoms with Crippen LogP contribution in [0.4, 0.5) is 0 Å². The molecule has 0 bridgehead atoms. The van der Waals surface area contributed by atoms with Crippen molar-refractivity contribution in [2.24, 2.45) is 0 Å². The molecule has 1 saturated heterocycles. The number of carbonyl (C=O) groups excluding carboxylic acids is 1. The molecule has 110 valence electrons. The van der Waals surface area contributed by atoms with Gasteiger partial charge >= 0.3 is 0 Å². The van der Waals surface area contributed by atoms with Crippen molar-refractivity contribution in [2.75, 3.05) is 26.3 Å². The summed E-state index contributed by atoms with van der Waals surface area (Å²) in [5.74, 6) is 0.674. The molecular formula is C16H23NO3. The minimum Gasteiger partial charge on any atom is -0.490 e. The van der Waals surface area contributed by atoms with Crippen molar-refractivity contribution in [3.8, 4) is 5.75 Å². The van der Waals surface area contributed by atoms with Gasteiger partial charge in [-0.2, -0.15) is 0 Å². The van der Waals surface area contributed by atoms with Gasteiger partial charge in [-0.15, -0.1) is 0 Å². The molecule has 4 heteroatoms. The van der Waals surface area contributed by atoms with Crippen LogP contribution in [0.1, 0.15) is 29.8 Å². The summed E-state index contributed by atoms with van der Waals surface area (Å²) in [7, 11) is 0. The van der Waals surface area contributed by atoms with Crippen LogP contribution in [-0.4, -0.2) is 49.6 Å². The number of para-hydroxylation sites is 1. The van der Waals surface area contributed by atoms with Crippen molar-refractivity contribution >= 4 is 6.29 Å². The molecule has 1 aromatic rings. The maximum Gasteiger partial charge on any atom is 0.153 e. The van der Waals surface area contributed by atoms with Gasteiger partial charge in [-0.3, -0.25) is 9.69 Å². The first-order chi connectivity index (χ1) is 9.61. The Morgan fingerprint density at radius 1 is 1.50 bits per heavy atom. The van der Waals surface area contributed by atoms with E-state index in [1.807, 2.05) is 19.1 Å². The molecule has 1 unspecified atom stereocenters. The lowest BCUT2D eigenvalue weighted by atomic mass is 10.1. The quantitative estimate of drug-likeness (QED) is 0.774. The van der Waals surface area contributed by atoms with E-state index in [0.29, 0.717) is 24.0 Å². The summed E-state index contributed by atoms with van der Waals surface area (Å²) in [6.45, 7) is 9.39. The van der Waals surface area contributed by atoms with Gasteiger partial charge in [0.05, 0.1) is 12.2 Å². The van der Waals surface area contributed by atoms with Gasteiger partial charge in [-0.1, -0.05) is 12.1 Å². The lowest BCUT2D eigenvalue weighted by molar-refractivity contribution is -0.0565. The van der Waals surface area contributed by atoms with E-state index in [-0.39, 0.29) is 6.10 Å². The summed E-state index contributed by atoms with van der Waals surface area (Å²) in [5.41, 5.74) is 1.58. The molecule has 0 amide bonds. The fraction of sp³-hybridized carbons (Fsp3) is 0.562. The zero-order valence-corrected chi connectivity index (χ0v) is 12.5. The van der Waals surface area contributed by atoms with Gasteiger partial charge in [0.25, 0.3) is 0 Å². The Morgan fingerprint density at radius 2 is 2.30 bits per heavy atom. The summed E-state index contributed by atoms with van der Waals surface area (Å²) in [4.78, 5) is 13.4. The van der Waals surface area contributed by atoms with Crippen LogP contribution in [0, 0.1) is 6.92 Å². The zero-order chi connectivity index (χ0) is 14.5. The molecule has 20 heavy (non-hydrogen) atoms. The van der Waals surface area contributed by atoms with Crippen LogP contribution in [0.2, 0.25) is 0 Å². The third kappa shape index (κ3) is 3.58. The van der Waals surface area contributed by atoms with Crippen molar-refractivity contribution in [3.63, 3.8) is 0 Å². The van der Waals surface area contributed by atoms with Crippen molar-refractivity contribution in [3.05, 3.63) is 29.3 Å². The second-order valence-electron chi connectivity index (χ2n) is 5.50. The van der Waals surface area contributed by atoms with Crippen molar-refractivity contribution in [1.82, 2.24) is 4.90 Å². The van der Waals surface area contributed by atoms with Gasteiger partial charge in [-0.05, 0) is 32.4 Å². The number of rotatable bonds is 5. The molecule has 0 spiro atoms. The molecule has 1 heterocycles. The Labute approximate surface area is 120 Å². The summed E-state index contributed by atoms with van der Waals surface area (Å²) >= 11 is 0. The van der Waals surface area contributed by atoms with Crippen molar-refractivity contribution < 1.29 is 14.3 Å². The maximum absolute atomic E-state index is 11.1. The van der Waals surface area contributed by atoms with E-state index in [9.17, 15) is 4.79 Å². The molecule has 1 aliphatic heterocycles. The summed E-state index contributed by atoms with van der Waals surface area (Å²) < 4.78 is 11.6. The normalized spacial score (nSPS) is 20.1. The van der Waals surface area contributed by atoms with Crippen LogP contribution >= 0.6 is 0 Å². The SMILES string of the molecule is Cc1cccc(C=O)c1OCC1CN(C(C)C)CCO1. The first kappa shape index (κ1) is 15.0. The summed E-state index contributed by atoms with van der Waals surface area (Å²) in [6.07, 6.45) is 0.898. The van der Waals surface area contributed by atoms with Crippen LogP contribution in [-0.2, 0) is 4.74 Å². The first-order valence-corrected chi connectivity index (χ1v) is 7.15. The average Bonchev–Trinajstić information content (AvgIpc) is 2.46. The third-order valence-corrected chi connectivity index (χ3v) is 3.68. The Hall–Kier alpha value is -1.39. The molecule has 0 aromatic heterocycles. The van der Waals surface area contributed by atoms with Crippen molar-refractivity contribution in [1.29, 1.82) is 0 Å². The van der Waals surface area contributed by atoms with Gasteiger partial charge in [0.2, 0.25) is 0 Å². The van der Waals surface area contributed by atoms with Gasteiger partial charge in [0, 0.05) is 19.1 Å². The summed E-state index contributed by atoms with van der Waals surface area (Å²) in [6, 6.07) is 6.11. The van der Waals surface area contributed by atoms with E-state index < -0.39 is 0 Å². The lowest BCUT2D eigenvalue weighted by Crippen LogP contribution is -2.47. The highest BCUT2D eigenvalue weighted by Crippen LogP contribution is 2.22. The number of hydrogen-bond acceptors (Lipinski definition) is 4. The first-order valence-electron chi connectivity index (χ1n) is 7.15. The predicted octanol–water partition coefficient (Wildman–Crippen LogP) is 2.30. The minimum atomic E-state index is 0.0604. The smallest absolute Gasteiger partial charge is 0.153 e. The standard InChI is InChI=1S/C16H23NO3/c1-12(2)17-7-8-19-15(9-17)11-20-16-13(3)5-4-6-14(16)10-18/h4-6,10,12,15H,7-9,11H2,1-3H3. The molecule has 1 fully saturated rings. The highest BCUT2D eigenvalue weighted by molar-refractivity contribution is 5.80. The van der Waals surface area contributed by atoms with Crippen molar-refractivity contribution in [2.45, 2.75) is 32.9 Å². The third-order valence-electron chi connectivity index (χ3n) is 3.68. The highest BCUT2D eigenvalue weighted by atomic mass is 16.5. The molecule has 1 aromatic carbocycles. The van der Waals surface area contributed by atoms with E-state index in [4.69, 9.17) is 9.47 Å². The Balaban J connectivity index is 1.97. The highest BCUT2D eigenvalue weighted by Gasteiger charge is 2.23. The van der Waals surface area contributed by atoms with Crippen LogP contribution in [0.3, 0.4) is 0 Å².